The van der Waals surface area contributed by atoms with E-state index in [-0.39, 0.29) is 0 Å². The summed E-state index contributed by atoms with van der Waals surface area (Å²) in [7, 11) is 0. The first-order valence-corrected chi connectivity index (χ1v) is 4.83. The van der Waals surface area contributed by atoms with Gasteiger partial charge in [-0.2, -0.15) is 0 Å². The molecule has 0 saturated carbocycles. The number of hydrogen-bond donors (Lipinski definition) is 1. The maximum atomic E-state index is 11.1. The SMILES string of the molecule is CCCCC(C(=O)O)N1CCOC1=O. The zero-order valence-electron chi connectivity index (χ0n) is 8.23. The number of carbonyl (C=O) groups excluding carboxylic acids is 1. The summed E-state index contributed by atoms with van der Waals surface area (Å²) in [4.78, 5) is 23.3. The van der Waals surface area contributed by atoms with E-state index in [0.29, 0.717) is 19.6 Å². The van der Waals surface area contributed by atoms with Gasteiger partial charge in [0.15, 0.2) is 0 Å². The maximum Gasteiger partial charge on any atom is 0.410 e. The molecule has 0 spiro atoms. The molecule has 1 amide bonds. The van der Waals surface area contributed by atoms with Crippen LogP contribution in [0.2, 0.25) is 0 Å². The minimum Gasteiger partial charge on any atom is -0.480 e. The van der Waals surface area contributed by atoms with E-state index in [4.69, 9.17) is 9.84 Å². The topological polar surface area (TPSA) is 66.8 Å². The first-order chi connectivity index (χ1) is 6.66. The fraction of sp³-hybridized carbons (Fsp3) is 0.778. The minimum atomic E-state index is -0.947. The summed E-state index contributed by atoms with van der Waals surface area (Å²) in [5.41, 5.74) is 0. The molecule has 1 fully saturated rings. The van der Waals surface area contributed by atoms with Gasteiger partial charge in [-0.1, -0.05) is 19.8 Å². The monoisotopic (exact) mass is 201 g/mol. The summed E-state index contributed by atoms with van der Waals surface area (Å²) >= 11 is 0. The Morgan fingerprint density at radius 1 is 1.71 bits per heavy atom. The van der Waals surface area contributed by atoms with Gasteiger partial charge < -0.3 is 9.84 Å². The molecule has 0 bridgehead atoms. The molecule has 1 atom stereocenters. The summed E-state index contributed by atoms with van der Waals surface area (Å²) < 4.78 is 4.70. The van der Waals surface area contributed by atoms with Crippen LogP contribution in [0.3, 0.4) is 0 Å². The molecule has 0 aromatic rings. The molecular formula is C9H15NO4. The van der Waals surface area contributed by atoms with Crippen molar-refractivity contribution in [1.82, 2.24) is 4.90 Å². The van der Waals surface area contributed by atoms with Crippen molar-refractivity contribution in [2.45, 2.75) is 32.2 Å². The molecule has 1 unspecified atom stereocenters. The van der Waals surface area contributed by atoms with Gasteiger partial charge in [0.2, 0.25) is 0 Å². The number of unbranched alkanes of at least 4 members (excludes halogenated alkanes) is 1. The molecule has 1 saturated heterocycles. The number of cyclic esters (lactones) is 1. The van der Waals surface area contributed by atoms with Crippen LogP contribution < -0.4 is 0 Å². The second-order valence-corrected chi connectivity index (χ2v) is 3.30. The Bertz CT molecular complexity index is 229. The number of amides is 1. The van der Waals surface area contributed by atoms with Crippen LogP contribution in [0.5, 0.6) is 0 Å². The van der Waals surface area contributed by atoms with Crippen molar-refractivity contribution in [3.8, 4) is 0 Å². The van der Waals surface area contributed by atoms with E-state index >= 15 is 0 Å². The highest BCUT2D eigenvalue weighted by Gasteiger charge is 2.33. The Morgan fingerprint density at radius 3 is 2.86 bits per heavy atom. The lowest BCUT2D eigenvalue weighted by Crippen LogP contribution is -2.41. The molecule has 5 nitrogen and oxygen atoms in total. The van der Waals surface area contributed by atoms with Crippen LogP contribution in [0.15, 0.2) is 0 Å². The standard InChI is InChI=1S/C9H15NO4/c1-2-3-4-7(8(11)12)10-5-6-14-9(10)13/h7H,2-6H2,1H3,(H,11,12). The van der Waals surface area contributed by atoms with Gasteiger partial charge >= 0.3 is 12.1 Å². The summed E-state index contributed by atoms with van der Waals surface area (Å²) in [5, 5.41) is 8.93. The number of nitrogens with zero attached hydrogens (tertiary/aromatic N) is 1. The molecular weight excluding hydrogens is 186 g/mol. The Balaban J connectivity index is 2.57. The van der Waals surface area contributed by atoms with Crippen molar-refractivity contribution in [3.63, 3.8) is 0 Å². The number of ether oxygens (including phenoxy) is 1. The summed E-state index contributed by atoms with van der Waals surface area (Å²) in [6.07, 6.45) is 1.72. The molecule has 0 radical (unpaired) electrons. The number of rotatable bonds is 5. The van der Waals surface area contributed by atoms with Crippen molar-refractivity contribution < 1.29 is 19.4 Å². The molecule has 80 valence electrons. The number of carbonyl (C=O) groups is 2. The Labute approximate surface area is 82.6 Å². The second kappa shape index (κ2) is 4.83. The first-order valence-electron chi connectivity index (χ1n) is 4.83. The quantitative estimate of drug-likeness (QED) is 0.722. The van der Waals surface area contributed by atoms with E-state index < -0.39 is 18.1 Å². The highest BCUT2D eigenvalue weighted by Crippen LogP contribution is 2.14. The van der Waals surface area contributed by atoms with Crippen LogP contribution >= 0.6 is 0 Å². The van der Waals surface area contributed by atoms with Crippen LogP contribution in [0, 0.1) is 0 Å². The van der Waals surface area contributed by atoms with E-state index in [0.717, 1.165) is 12.8 Å². The van der Waals surface area contributed by atoms with Gasteiger partial charge in [0.1, 0.15) is 12.6 Å². The first kappa shape index (κ1) is 10.8. The number of carboxylic acid groups (broad SMARTS) is 1. The van der Waals surface area contributed by atoms with Gasteiger partial charge in [-0.05, 0) is 6.42 Å². The van der Waals surface area contributed by atoms with Gasteiger partial charge in [-0.25, -0.2) is 9.59 Å². The third-order valence-electron chi connectivity index (χ3n) is 2.28. The number of hydrogen-bond acceptors (Lipinski definition) is 3. The van der Waals surface area contributed by atoms with Crippen molar-refractivity contribution in [2.24, 2.45) is 0 Å². The Hall–Kier alpha value is -1.26. The Kier molecular flexibility index (Phi) is 3.73. The summed E-state index contributed by atoms with van der Waals surface area (Å²) in [5.74, 6) is -0.947. The Morgan fingerprint density at radius 2 is 2.43 bits per heavy atom. The lowest BCUT2D eigenvalue weighted by atomic mass is 10.1. The van der Waals surface area contributed by atoms with Crippen molar-refractivity contribution in [3.05, 3.63) is 0 Å². The van der Waals surface area contributed by atoms with Crippen LogP contribution in [0.25, 0.3) is 0 Å². The molecule has 0 aromatic carbocycles. The second-order valence-electron chi connectivity index (χ2n) is 3.30. The van der Waals surface area contributed by atoms with Gasteiger partial charge in [0.25, 0.3) is 0 Å². The highest BCUT2D eigenvalue weighted by atomic mass is 16.6. The zero-order valence-corrected chi connectivity index (χ0v) is 8.23. The average Bonchev–Trinajstić information content (AvgIpc) is 2.52. The van der Waals surface area contributed by atoms with Gasteiger partial charge in [-0.3, -0.25) is 4.90 Å². The summed E-state index contributed by atoms with van der Waals surface area (Å²) in [6, 6.07) is -0.718. The van der Waals surface area contributed by atoms with E-state index in [1.807, 2.05) is 6.92 Å². The molecule has 0 aromatic heterocycles. The molecule has 14 heavy (non-hydrogen) atoms. The predicted molar refractivity (Wildman–Crippen MR) is 49.0 cm³/mol. The molecule has 1 rings (SSSR count). The summed E-state index contributed by atoms with van der Waals surface area (Å²) in [6.45, 7) is 2.68. The minimum absolute atomic E-state index is 0.300. The van der Waals surface area contributed by atoms with Crippen LogP contribution in [0.1, 0.15) is 26.2 Å². The van der Waals surface area contributed by atoms with Crippen LogP contribution in [-0.2, 0) is 9.53 Å². The van der Waals surface area contributed by atoms with E-state index in [2.05, 4.69) is 0 Å². The van der Waals surface area contributed by atoms with Crippen LogP contribution in [-0.4, -0.2) is 41.3 Å². The third-order valence-corrected chi connectivity index (χ3v) is 2.28. The number of carboxylic acids is 1. The predicted octanol–water partition coefficient (Wildman–Crippen LogP) is 1.08. The van der Waals surface area contributed by atoms with Crippen molar-refractivity contribution >= 4 is 12.1 Å². The van der Waals surface area contributed by atoms with Crippen molar-refractivity contribution in [2.75, 3.05) is 13.2 Å². The largest absolute Gasteiger partial charge is 0.480 e. The van der Waals surface area contributed by atoms with E-state index in [1.54, 1.807) is 0 Å². The van der Waals surface area contributed by atoms with Gasteiger partial charge in [0, 0.05) is 0 Å². The maximum absolute atomic E-state index is 11.1. The molecule has 1 N–H and O–H groups in total. The van der Waals surface area contributed by atoms with Gasteiger partial charge in [0.05, 0.1) is 6.54 Å². The van der Waals surface area contributed by atoms with Crippen LogP contribution in [0.4, 0.5) is 4.79 Å². The van der Waals surface area contributed by atoms with E-state index in [9.17, 15) is 9.59 Å². The zero-order chi connectivity index (χ0) is 10.6. The normalized spacial score (nSPS) is 18.1. The lowest BCUT2D eigenvalue weighted by Gasteiger charge is -2.21. The fourth-order valence-electron chi connectivity index (χ4n) is 1.50. The third kappa shape index (κ3) is 2.37. The average molecular weight is 201 g/mol. The smallest absolute Gasteiger partial charge is 0.410 e. The molecule has 0 aliphatic carbocycles. The molecule has 1 aliphatic heterocycles. The van der Waals surface area contributed by atoms with Gasteiger partial charge in [-0.15, -0.1) is 0 Å². The molecule has 5 heteroatoms. The number of aliphatic carboxylic acids is 1. The molecule has 1 aliphatic rings. The molecule has 1 heterocycles. The van der Waals surface area contributed by atoms with Crippen molar-refractivity contribution in [1.29, 1.82) is 0 Å². The lowest BCUT2D eigenvalue weighted by molar-refractivity contribution is -0.142. The fourth-order valence-corrected chi connectivity index (χ4v) is 1.50. The van der Waals surface area contributed by atoms with E-state index in [1.165, 1.54) is 4.90 Å². The highest BCUT2D eigenvalue weighted by molar-refractivity contribution is 5.80.